The van der Waals surface area contributed by atoms with Crippen molar-refractivity contribution in [3.8, 4) is 11.5 Å². The molecular weight excluding hydrogens is 352 g/mol. The van der Waals surface area contributed by atoms with Gasteiger partial charge in [0.25, 0.3) is 5.91 Å². The Bertz CT molecular complexity index is 711. The summed E-state index contributed by atoms with van der Waals surface area (Å²) in [5.74, 6) is 1.47. The SMILES string of the molecule is COc1ccc(OCC(=O)N2CC[NH+](Cc3ccc(Cl)cc3)CC2)cc1. The molecule has 1 aliphatic rings. The van der Waals surface area contributed by atoms with Crippen LogP contribution < -0.4 is 14.4 Å². The summed E-state index contributed by atoms with van der Waals surface area (Å²) in [6.07, 6.45) is 0. The van der Waals surface area contributed by atoms with Crippen molar-refractivity contribution >= 4 is 17.5 Å². The zero-order valence-electron chi connectivity index (χ0n) is 14.9. The Labute approximate surface area is 159 Å². The smallest absolute Gasteiger partial charge is 0.260 e. The maximum Gasteiger partial charge on any atom is 0.260 e. The first-order chi connectivity index (χ1) is 12.6. The van der Waals surface area contributed by atoms with Crippen LogP contribution in [0.15, 0.2) is 48.5 Å². The van der Waals surface area contributed by atoms with Crippen LogP contribution in [0.25, 0.3) is 0 Å². The first kappa shape index (κ1) is 18.5. The Morgan fingerprint density at radius 3 is 2.27 bits per heavy atom. The van der Waals surface area contributed by atoms with Crippen LogP contribution >= 0.6 is 11.6 Å². The summed E-state index contributed by atoms with van der Waals surface area (Å²) in [5.41, 5.74) is 1.27. The number of benzene rings is 2. The van der Waals surface area contributed by atoms with Crippen molar-refractivity contribution in [1.82, 2.24) is 4.90 Å². The lowest BCUT2D eigenvalue weighted by Crippen LogP contribution is -3.13. The molecule has 2 aromatic carbocycles. The number of carbonyl (C=O) groups is 1. The number of quaternary nitrogens is 1. The lowest BCUT2D eigenvalue weighted by atomic mass is 10.2. The molecule has 2 aromatic rings. The van der Waals surface area contributed by atoms with Crippen molar-refractivity contribution in [1.29, 1.82) is 0 Å². The molecule has 5 nitrogen and oxygen atoms in total. The van der Waals surface area contributed by atoms with Gasteiger partial charge in [0.05, 0.1) is 33.3 Å². The van der Waals surface area contributed by atoms with Gasteiger partial charge in [-0.2, -0.15) is 0 Å². The summed E-state index contributed by atoms with van der Waals surface area (Å²) in [4.78, 5) is 15.7. The fraction of sp³-hybridized carbons (Fsp3) is 0.350. The number of nitrogens with zero attached hydrogens (tertiary/aromatic N) is 1. The summed E-state index contributed by atoms with van der Waals surface area (Å²) >= 11 is 5.93. The number of methoxy groups -OCH3 is 1. The molecule has 0 bridgehead atoms. The minimum Gasteiger partial charge on any atom is -0.497 e. The molecule has 6 heteroatoms. The van der Waals surface area contributed by atoms with E-state index in [1.165, 1.54) is 10.5 Å². The van der Waals surface area contributed by atoms with Gasteiger partial charge in [0.15, 0.2) is 6.61 Å². The number of ether oxygens (including phenoxy) is 2. The van der Waals surface area contributed by atoms with Gasteiger partial charge in [-0.05, 0) is 36.4 Å². The third-order valence-electron chi connectivity index (χ3n) is 4.61. The second kappa shape index (κ2) is 8.92. The molecule has 1 aliphatic heterocycles. The average molecular weight is 376 g/mol. The fourth-order valence-electron chi connectivity index (χ4n) is 3.05. The highest BCUT2D eigenvalue weighted by Gasteiger charge is 2.24. The molecule has 0 aliphatic carbocycles. The number of nitrogens with one attached hydrogen (secondary N) is 1. The molecule has 1 fully saturated rings. The second-order valence-corrected chi connectivity index (χ2v) is 6.83. The molecule has 0 radical (unpaired) electrons. The van der Waals surface area contributed by atoms with E-state index in [1.54, 1.807) is 19.2 Å². The topological polar surface area (TPSA) is 43.2 Å². The van der Waals surface area contributed by atoms with E-state index in [-0.39, 0.29) is 12.5 Å². The zero-order valence-corrected chi connectivity index (χ0v) is 15.7. The van der Waals surface area contributed by atoms with Crippen LogP contribution in [-0.4, -0.2) is 50.7 Å². The first-order valence-electron chi connectivity index (χ1n) is 8.76. The number of piperazine rings is 1. The van der Waals surface area contributed by atoms with Crippen molar-refractivity contribution in [3.63, 3.8) is 0 Å². The van der Waals surface area contributed by atoms with E-state index in [1.807, 2.05) is 29.2 Å². The van der Waals surface area contributed by atoms with Crippen LogP contribution in [0.4, 0.5) is 0 Å². The summed E-state index contributed by atoms with van der Waals surface area (Å²) < 4.78 is 10.7. The van der Waals surface area contributed by atoms with Crippen molar-refractivity contribution in [3.05, 3.63) is 59.1 Å². The standard InChI is InChI=1S/C20H23ClN2O3/c1-25-18-6-8-19(9-7-18)26-15-20(24)23-12-10-22(11-13-23)14-16-2-4-17(21)5-3-16/h2-9H,10-15H2,1H3/p+1. The molecule has 138 valence electrons. The van der Waals surface area contributed by atoms with Crippen LogP contribution in [0.5, 0.6) is 11.5 Å². The molecular formula is C20H24ClN2O3+. The highest BCUT2D eigenvalue weighted by Crippen LogP contribution is 2.17. The minimum absolute atomic E-state index is 0.0337. The molecule has 0 atom stereocenters. The van der Waals surface area contributed by atoms with E-state index in [2.05, 4.69) is 12.1 Å². The summed E-state index contributed by atoms with van der Waals surface area (Å²) in [7, 11) is 1.62. The normalized spacial score (nSPS) is 14.9. The number of rotatable bonds is 6. The van der Waals surface area contributed by atoms with E-state index < -0.39 is 0 Å². The van der Waals surface area contributed by atoms with Gasteiger partial charge in [-0.15, -0.1) is 0 Å². The Kier molecular flexibility index (Phi) is 6.36. The van der Waals surface area contributed by atoms with E-state index in [0.717, 1.165) is 43.5 Å². The maximum atomic E-state index is 12.3. The lowest BCUT2D eigenvalue weighted by molar-refractivity contribution is -0.917. The highest BCUT2D eigenvalue weighted by atomic mass is 35.5. The molecule has 26 heavy (non-hydrogen) atoms. The number of halogens is 1. The van der Waals surface area contributed by atoms with E-state index in [0.29, 0.717) is 5.75 Å². The predicted molar refractivity (Wildman–Crippen MR) is 101 cm³/mol. The molecule has 1 saturated heterocycles. The van der Waals surface area contributed by atoms with Gasteiger partial charge in [-0.3, -0.25) is 4.79 Å². The number of hydrogen-bond donors (Lipinski definition) is 1. The number of carbonyl (C=O) groups excluding carboxylic acids is 1. The third kappa shape index (κ3) is 5.13. The van der Waals surface area contributed by atoms with Gasteiger partial charge in [0.1, 0.15) is 18.0 Å². The zero-order chi connectivity index (χ0) is 18.4. The molecule has 3 rings (SSSR count). The van der Waals surface area contributed by atoms with E-state index in [9.17, 15) is 4.79 Å². The molecule has 0 saturated carbocycles. The predicted octanol–water partition coefficient (Wildman–Crippen LogP) is 1.65. The van der Waals surface area contributed by atoms with Gasteiger partial charge >= 0.3 is 0 Å². The number of hydrogen-bond acceptors (Lipinski definition) is 3. The van der Waals surface area contributed by atoms with Crippen LogP contribution in [-0.2, 0) is 11.3 Å². The lowest BCUT2D eigenvalue weighted by Gasteiger charge is -2.32. The molecule has 0 unspecified atom stereocenters. The average Bonchev–Trinajstić information content (AvgIpc) is 2.69. The molecule has 0 aromatic heterocycles. The molecule has 1 amide bonds. The number of amides is 1. The Hall–Kier alpha value is -2.24. The summed E-state index contributed by atoms with van der Waals surface area (Å²) in [6, 6.07) is 15.2. The van der Waals surface area contributed by atoms with Crippen molar-refractivity contribution in [2.75, 3.05) is 39.9 Å². The van der Waals surface area contributed by atoms with Crippen molar-refractivity contribution in [2.45, 2.75) is 6.54 Å². The van der Waals surface area contributed by atoms with Gasteiger partial charge in [-0.25, -0.2) is 0 Å². The second-order valence-electron chi connectivity index (χ2n) is 6.40. The van der Waals surface area contributed by atoms with Crippen LogP contribution in [0.1, 0.15) is 5.56 Å². The Morgan fingerprint density at radius 2 is 1.65 bits per heavy atom. The highest BCUT2D eigenvalue weighted by molar-refractivity contribution is 6.30. The van der Waals surface area contributed by atoms with Gasteiger partial charge in [0.2, 0.25) is 0 Å². The van der Waals surface area contributed by atoms with E-state index in [4.69, 9.17) is 21.1 Å². The quantitative estimate of drug-likeness (QED) is 0.835. The van der Waals surface area contributed by atoms with Crippen LogP contribution in [0.3, 0.4) is 0 Å². The van der Waals surface area contributed by atoms with Crippen molar-refractivity contribution in [2.24, 2.45) is 0 Å². The van der Waals surface area contributed by atoms with E-state index >= 15 is 0 Å². The fourth-order valence-corrected chi connectivity index (χ4v) is 3.17. The summed E-state index contributed by atoms with van der Waals surface area (Å²) in [5, 5.41) is 0.760. The van der Waals surface area contributed by atoms with Gasteiger partial charge in [-0.1, -0.05) is 23.7 Å². The first-order valence-corrected chi connectivity index (χ1v) is 9.14. The largest absolute Gasteiger partial charge is 0.497 e. The van der Waals surface area contributed by atoms with Gasteiger partial charge < -0.3 is 19.3 Å². The molecule has 1 heterocycles. The molecule has 0 spiro atoms. The summed E-state index contributed by atoms with van der Waals surface area (Å²) in [6.45, 7) is 4.43. The molecule has 1 N–H and O–H groups in total. The van der Waals surface area contributed by atoms with Crippen molar-refractivity contribution < 1.29 is 19.2 Å². The van der Waals surface area contributed by atoms with Gasteiger partial charge in [0, 0.05) is 10.6 Å². The maximum absolute atomic E-state index is 12.3. The Balaban J connectivity index is 1.42. The Morgan fingerprint density at radius 1 is 1.04 bits per heavy atom. The third-order valence-corrected chi connectivity index (χ3v) is 4.86. The van der Waals surface area contributed by atoms with Crippen LogP contribution in [0, 0.1) is 0 Å². The minimum atomic E-state index is 0.0337. The van der Waals surface area contributed by atoms with Crippen LogP contribution in [0.2, 0.25) is 5.02 Å². The monoisotopic (exact) mass is 375 g/mol.